The largest absolute Gasteiger partial charge is 0.472 e. The van der Waals surface area contributed by atoms with Crippen LogP contribution in [0.15, 0.2) is 42.5 Å². The smallest absolute Gasteiger partial charge is 0.274 e. The number of nitrogen functional groups attached to an aromatic ring is 1. The van der Waals surface area contributed by atoms with E-state index >= 15 is 0 Å². The van der Waals surface area contributed by atoms with Crippen LogP contribution in [0.2, 0.25) is 0 Å². The van der Waals surface area contributed by atoms with Crippen LogP contribution in [0.1, 0.15) is 63.5 Å². The van der Waals surface area contributed by atoms with Crippen LogP contribution in [0.25, 0.3) is 0 Å². The summed E-state index contributed by atoms with van der Waals surface area (Å²) in [6, 6.07) is 13.1. The van der Waals surface area contributed by atoms with Gasteiger partial charge in [-0.1, -0.05) is 75.8 Å². The van der Waals surface area contributed by atoms with Crippen molar-refractivity contribution in [3.8, 4) is 5.75 Å². The number of hydrogen-bond donors (Lipinski definition) is 1. The first-order chi connectivity index (χ1) is 13.2. The van der Waals surface area contributed by atoms with Crippen molar-refractivity contribution in [2.24, 2.45) is 0 Å². The molecule has 0 bridgehead atoms. The third-order valence-corrected chi connectivity index (χ3v) is 4.94. The normalized spacial score (nSPS) is 16.1. The van der Waals surface area contributed by atoms with Crippen LogP contribution < -0.4 is 15.4 Å². The predicted molar refractivity (Wildman–Crippen MR) is 109 cm³/mol. The maximum atomic E-state index is 13.1. The topological polar surface area (TPSA) is 68.5 Å². The van der Waals surface area contributed by atoms with E-state index in [1.165, 1.54) is 32.1 Å². The Morgan fingerprint density at radius 1 is 1.00 bits per heavy atom. The SMILES string of the molecule is CCCCCCCCCN1C(=O)C(c2ccccc2)Oc2ccc(N)nc21. The number of pyridine rings is 1. The summed E-state index contributed by atoms with van der Waals surface area (Å²) in [4.78, 5) is 19.2. The van der Waals surface area contributed by atoms with E-state index in [0.29, 0.717) is 23.9 Å². The first kappa shape index (κ1) is 19.2. The van der Waals surface area contributed by atoms with Gasteiger partial charge in [-0.2, -0.15) is 0 Å². The molecule has 144 valence electrons. The average molecular weight is 367 g/mol. The van der Waals surface area contributed by atoms with Gasteiger partial charge in [0.05, 0.1) is 0 Å². The molecule has 1 aliphatic heterocycles. The fraction of sp³-hybridized carbons (Fsp3) is 0.455. The molecule has 0 saturated carbocycles. The maximum Gasteiger partial charge on any atom is 0.274 e. The maximum absolute atomic E-state index is 13.1. The summed E-state index contributed by atoms with van der Waals surface area (Å²) in [6.07, 6.45) is 7.76. The van der Waals surface area contributed by atoms with E-state index in [1.54, 1.807) is 17.0 Å². The number of rotatable bonds is 9. The molecule has 0 fully saturated rings. The van der Waals surface area contributed by atoms with Gasteiger partial charge in [-0.25, -0.2) is 4.98 Å². The van der Waals surface area contributed by atoms with Crippen LogP contribution in [-0.2, 0) is 4.79 Å². The molecule has 1 amide bonds. The molecule has 2 heterocycles. The molecule has 3 rings (SSSR count). The third kappa shape index (κ3) is 4.79. The highest BCUT2D eigenvalue weighted by molar-refractivity contribution is 5.99. The summed E-state index contributed by atoms with van der Waals surface area (Å²) >= 11 is 0. The highest BCUT2D eigenvalue weighted by Gasteiger charge is 2.36. The zero-order valence-electron chi connectivity index (χ0n) is 16.1. The lowest BCUT2D eigenvalue weighted by Crippen LogP contribution is -2.42. The predicted octanol–water partition coefficient (Wildman–Crippen LogP) is 4.88. The van der Waals surface area contributed by atoms with Gasteiger partial charge in [-0.3, -0.25) is 9.69 Å². The minimum atomic E-state index is -0.631. The molecule has 1 unspecified atom stereocenters. The number of amides is 1. The molecular formula is C22H29N3O2. The second-order valence-electron chi connectivity index (χ2n) is 7.08. The highest BCUT2D eigenvalue weighted by atomic mass is 16.5. The molecule has 1 aromatic heterocycles. The first-order valence-electron chi connectivity index (χ1n) is 10.00. The molecule has 0 radical (unpaired) electrons. The van der Waals surface area contributed by atoms with Crippen molar-refractivity contribution in [1.29, 1.82) is 0 Å². The quantitative estimate of drug-likeness (QED) is 0.641. The number of unbranched alkanes of at least 4 members (excludes halogenated alkanes) is 6. The fourth-order valence-electron chi connectivity index (χ4n) is 3.44. The average Bonchev–Trinajstić information content (AvgIpc) is 2.69. The van der Waals surface area contributed by atoms with Crippen molar-refractivity contribution in [3.63, 3.8) is 0 Å². The zero-order chi connectivity index (χ0) is 19.1. The third-order valence-electron chi connectivity index (χ3n) is 4.94. The second kappa shape index (κ2) is 9.40. The molecule has 1 aliphatic rings. The number of carbonyl (C=O) groups excluding carboxylic acids is 1. The summed E-state index contributed by atoms with van der Waals surface area (Å²) < 4.78 is 5.98. The number of nitrogens with zero attached hydrogens (tertiary/aromatic N) is 2. The molecule has 1 aromatic carbocycles. The number of benzene rings is 1. The summed E-state index contributed by atoms with van der Waals surface area (Å²) in [5.74, 6) is 1.48. The van der Waals surface area contributed by atoms with Gasteiger partial charge in [0.25, 0.3) is 5.91 Å². The summed E-state index contributed by atoms with van der Waals surface area (Å²) in [5.41, 5.74) is 6.71. The van der Waals surface area contributed by atoms with E-state index in [-0.39, 0.29) is 5.91 Å². The van der Waals surface area contributed by atoms with E-state index in [4.69, 9.17) is 10.5 Å². The van der Waals surface area contributed by atoms with Gasteiger partial charge in [0.2, 0.25) is 6.10 Å². The van der Waals surface area contributed by atoms with Crippen LogP contribution in [0.4, 0.5) is 11.6 Å². The number of nitrogens with two attached hydrogens (primary N) is 1. The number of fused-ring (bicyclic) bond motifs is 1. The Morgan fingerprint density at radius 3 is 2.44 bits per heavy atom. The van der Waals surface area contributed by atoms with E-state index in [1.807, 2.05) is 30.3 Å². The monoisotopic (exact) mass is 367 g/mol. The number of anilines is 2. The van der Waals surface area contributed by atoms with E-state index < -0.39 is 6.10 Å². The first-order valence-corrected chi connectivity index (χ1v) is 10.00. The Balaban J connectivity index is 1.70. The van der Waals surface area contributed by atoms with Crippen molar-refractivity contribution in [3.05, 3.63) is 48.0 Å². The Labute approximate surface area is 161 Å². The van der Waals surface area contributed by atoms with Crippen molar-refractivity contribution in [2.45, 2.75) is 58.0 Å². The molecule has 0 aliphatic carbocycles. The Bertz CT molecular complexity index is 748. The van der Waals surface area contributed by atoms with Crippen molar-refractivity contribution < 1.29 is 9.53 Å². The van der Waals surface area contributed by atoms with E-state index in [9.17, 15) is 4.79 Å². The van der Waals surface area contributed by atoms with Crippen molar-refractivity contribution >= 4 is 17.5 Å². The summed E-state index contributed by atoms with van der Waals surface area (Å²) in [7, 11) is 0. The Morgan fingerprint density at radius 2 is 1.70 bits per heavy atom. The minimum Gasteiger partial charge on any atom is -0.472 e. The molecule has 0 saturated heterocycles. The molecule has 0 spiro atoms. The van der Waals surface area contributed by atoms with E-state index in [0.717, 1.165) is 18.4 Å². The van der Waals surface area contributed by atoms with E-state index in [2.05, 4.69) is 11.9 Å². The van der Waals surface area contributed by atoms with Crippen LogP contribution in [-0.4, -0.2) is 17.4 Å². The van der Waals surface area contributed by atoms with Crippen molar-refractivity contribution in [1.82, 2.24) is 4.98 Å². The molecular weight excluding hydrogens is 338 g/mol. The van der Waals surface area contributed by atoms with Gasteiger partial charge in [-0.05, 0) is 18.6 Å². The fourth-order valence-corrected chi connectivity index (χ4v) is 3.44. The van der Waals surface area contributed by atoms with Gasteiger partial charge >= 0.3 is 0 Å². The van der Waals surface area contributed by atoms with Crippen molar-refractivity contribution in [2.75, 3.05) is 17.2 Å². The number of aromatic nitrogens is 1. The summed E-state index contributed by atoms with van der Waals surface area (Å²) in [6.45, 7) is 2.87. The molecule has 2 aromatic rings. The van der Waals surface area contributed by atoms with Gasteiger partial charge in [0.1, 0.15) is 5.82 Å². The molecule has 5 heteroatoms. The Hall–Kier alpha value is -2.56. The molecule has 2 N–H and O–H groups in total. The molecule has 1 atom stereocenters. The van der Waals surface area contributed by atoms with Gasteiger partial charge in [0.15, 0.2) is 11.6 Å². The van der Waals surface area contributed by atoms with Gasteiger partial charge in [-0.15, -0.1) is 0 Å². The summed E-state index contributed by atoms with van der Waals surface area (Å²) in [5, 5.41) is 0. The minimum absolute atomic E-state index is 0.0715. The lowest BCUT2D eigenvalue weighted by atomic mass is 10.1. The number of carbonyl (C=O) groups is 1. The van der Waals surface area contributed by atoms with Gasteiger partial charge in [0, 0.05) is 12.1 Å². The lowest BCUT2D eigenvalue weighted by molar-refractivity contribution is -0.126. The van der Waals surface area contributed by atoms with Crippen LogP contribution in [0.5, 0.6) is 5.75 Å². The highest BCUT2D eigenvalue weighted by Crippen LogP contribution is 2.38. The molecule has 5 nitrogen and oxygen atoms in total. The van der Waals surface area contributed by atoms with Crippen LogP contribution in [0.3, 0.4) is 0 Å². The van der Waals surface area contributed by atoms with Gasteiger partial charge < -0.3 is 10.5 Å². The number of ether oxygens (including phenoxy) is 1. The standard InChI is InChI=1S/C22H29N3O2/c1-2-3-4-5-6-7-11-16-25-21-18(14-15-19(23)24-21)27-20(22(25)26)17-12-9-8-10-13-17/h8-10,12-15,20H,2-7,11,16H2,1H3,(H2,23,24). The zero-order valence-corrected chi connectivity index (χ0v) is 16.1. The second-order valence-corrected chi connectivity index (χ2v) is 7.08. The number of hydrogen-bond acceptors (Lipinski definition) is 4. The Kier molecular flexibility index (Phi) is 6.69. The van der Waals surface area contributed by atoms with Crippen LogP contribution >= 0.6 is 0 Å². The van der Waals surface area contributed by atoms with Crippen LogP contribution in [0, 0.1) is 0 Å². The molecule has 27 heavy (non-hydrogen) atoms. The lowest BCUT2D eigenvalue weighted by Gasteiger charge is -2.33.